The van der Waals surface area contributed by atoms with E-state index in [0.717, 1.165) is 10.9 Å². The molecule has 1 amide bonds. The van der Waals surface area contributed by atoms with Crippen molar-refractivity contribution in [3.05, 3.63) is 41.9 Å². The molecule has 0 unspecified atom stereocenters. The van der Waals surface area contributed by atoms with Gasteiger partial charge in [-0.1, -0.05) is 6.92 Å². The van der Waals surface area contributed by atoms with Crippen LogP contribution in [0.15, 0.2) is 30.7 Å². The van der Waals surface area contributed by atoms with Gasteiger partial charge in [0.2, 0.25) is 11.8 Å². The number of carbonyl (C=O) groups excluding carboxylic acids is 1. The van der Waals surface area contributed by atoms with Gasteiger partial charge in [-0.05, 0) is 24.6 Å². The molecule has 142 valence electrons. The Morgan fingerprint density at radius 1 is 1.37 bits per heavy atom. The van der Waals surface area contributed by atoms with Crippen LogP contribution in [0.5, 0.6) is 5.88 Å². The molecular weight excluding hydrogens is 356 g/mol. The number of nitrogens with zero attached hydrogens (tertiary/aromatic N) is 4. The Kier molecular flexibility index (Phi) is 5.58. The average Bonchev–Trinajstić information content (AvgIpc) is 3.04. The smallest absolute Gasteiger partial charge is 0.272 e. The van der Waals surface area contributed by atoms with Gasteiger partial charge in [-0.3, -0.25) is 9.48 Å². The van der Waals surface area contributed by atoms with Crippen LogP contribution < -0.4 is 10.1 Å². The molecule has 7 nitrogen and oxygen atoms in total. The highest BCUT2D eigenvalue weighted by Gasteiger charge is 2.11. The van der Waals surface area contributed by atoms with Crippen LogP contribution in [-0.4, -0.2) is 38.7 Å². The molecule has 1 N–H and O–H groups in total. The molecule has 0 radical (unpaired) electrons. The third-order valence-corrected chi connectivity index (χ3v) is 3.84. The van der Waals surface area contributed by atoms with Crippen LogP contribution in [0.4, 0.5) is 14.6 Å². The molecule has 9 heteroatoms. The average molecular weight is 375 g/mol. The lowest BCUT2D eigenvalue weighted by Crippen LogP contribution is -2.10. The molecule has 3 heterocycles. The topological polar surface area (TPSA) is 81.9 Å². The van der Waals surface area contributed by atoms with Gasteiger partial charge in [-0.2, -0.15) is 5.10 Å². The molecule has 3 aromatic rings. The summed E-state index contributed by atoms with van der Waals surface area (Å²) in [6, 6.07) is 3.58. The number of aryl methyl sites for hydroxylation is 1. The van der Waals surface area contributed by atoms with Crippen molar-refractivity contribution < 1.29 is 18.3 Å². The maximum absolute atomic E-state index is 12.3. The highest BCUT2D eigenvalue weighted by molar-refractivity contribution is 5.98. The number of aromatic nitrogens is 4. The van der Waals surface area contributed by atoms with E-state index in [1.165, 1.54) is 0 Å². The Labute approximate surface area is 154 Å². The lowest BCUT2D eigenvalue weighted by Gasteiger charge is -2.09. The number of halogens is 2. The molecule has 0 bridgehead atoms. The van der Waals surface area contributed by atoms with Gasteiger partial charge in [0, 0.05) is 30.6 Å². The molecule has 3 rings (SSSR count). The SMILES string of the molecule is CCC(=O)Nc1nccc2nn(Cc3cnc(OCC(F)F)c(C)c3)cc12. The lowest BCUT2D eigenvalue weighted by atomic mass is 10.2. The monoisotopic (exact) mass is 375 g/mol. The number of hydrogen-bond acceptors (Lipinski definition) is 5. The third kappa shape index (κ3) is 4.55. The number of hydrogen-bond donors (Lipinski definition) is 1. The number of alkyl halides is 2. The van der Waals surface area contributed by atoms with Crippen LogP contribution in [0.25, 0.3) is 10.9 Å². The molecule has 0 saturated carbocycles. The van der Waals surface area contributed by atoms with Gasteiger partial charge in [0.25, 0.3) is 6.43 Å². The quantitative estimate of drug-likeness (QED) is 0.686. The van der Waals surface area contributed by atoms with E-state index in [-0.39, 0.29) is 11.8 Å². The van der Waals surface area contributed by atoms with Gasteiger partial charge >= 0.3 is 0 Å². The van der Waals surface area contributed by atoms with Crippen molar-refractivity contribution in [3.8, 4) is 5.88 Å². The van der Waals surface area contributed by atoms with Crippen LogP contribution in [0.1, 0.15) is 24.5 Å². The number of anilines is 1. The molecule has 0 fully saturated rings. The lowest BCUT2D eigenvalue weighted by molar-refractivity contribution is -0.115. The minimum atomic E-state index is -2.54. The molecule has 0 aliphatic carbocycles. The minimum Gasteiger partial charge on any atom is -0.471 e. The maximum Gasteiger partial charge on any atom is 0.272 e. The summed E-state index contributed by atoms with van der Waals surface area (Å²) in [6.45, 7) is 3.26. The molecule has 0 aliphatic heterocycles. The summed E-state index contributed by atoms with van der Waals surface area (Å²) in [7, 11) is 0. The van der Waals surface area contributed by atoms with Gasteiger partial charge < -0.3 is 10.1 Å². The zero-order valence-electron chi connectivity index (χ0n) is 14.9. The van der Waals surface area contributed by atoms with E-state index in [1.807, 2.05) is 6.07 Å². The van der Waals surface area contributed by atoms with Crippen molar-refractivity contribution in [2.24, 2.45) is 0 Å². The van der Waals surface area contributed by atoms with Crippen LogP contribution >= 0.6 is 0 Å². The van der Waals surface area contributed by atoms with Crippen molar-refractivity contribution in [1.82, 2.24) is 19.7 Å². The second-order valence-corrected chi connectivity index (χ2v) is 5.99. The zero-order chi connectivity index (χ0) is 19.4. The van der Waals surface area contributed by atoms with Crippen molar-refractivity contribution in [2.45, 2.75) is 33.2 Å². The van der Waals surface area contributed by atoms with Gasteiger partial charge in [0.15, 0.2) is 6.61 Å². The summed E-state index contributed by atoms with van der Waals surface area (Å²) in [4.78, 5) is 19.9. The number of fused-ring (bicyclic) bond motifs is 1. The number of rotatable bonds is 7. The highest BCUT2D eigenvalue weighted by atomic mass is 19.3. The second-order valence-electron chi connectivity index (χ2n) is 5.99. The number of carbonyl (C=O) groups is 1. The summed E-state index contributed by atoms with van der Waals surface area (Å²) < 4.78 is 31.2. The number of pyridine rings is 2. The molecular formula is C18H19F2N5O2. The highest BCUT2D eigenvalue weighted by Crippen LogP contribution is 2.21. The van der Waals surface area contributed by atoms with Crippen molar-refractivity contribution >= 4 is 22.6 Å². The standard InChI is InChI=1S/C18H19F2N5O2/c1-3-16(26)23-17-13-9-25(24-14(13)4-5-21-17)8-12-6-11(2)18(22-7-12)27-10-15(19)20/h4-7,9,15H,3,8,10H2,1-2H3,(H,21,23,26). The number of amides is 1. The zero-order valence-corrected chi connectivity index (χ0v) is 14.9. The fourth-order valence-electron chi connectivity index (χ4n) is 2.58. The van der Waals surface area contributed by atoms with E-state index >= 15 is 0 Å². The largest absolute Gasteiger partial charge is 0.471 e. The predicted molar refractivity (Wildman–Crippen MR) is 96.0 cm³/mol. The second kappa shape index (κ2) is 8.07. The van der Waals surface area contributed by atoms with E-state index in [0.29, 0.717) is 29.9 Å². The first-order valence-electron chi connectivity index (χ1n) is 8.44. The molecule has 0 aliphatic rings. The van der Waals surface area contributed by atoms with E-state index < -0.39 is 13.0 Å². The molecule has 0 aromatic carbocycles. The predicted octanol–water partition coefficient (Wildman–Crippen LogP) is 3.18. The number of ether oxygens (including phenoxy) is 1. The molecule has 27 heavy (non-hydrogen) atoms. The summed E-state index contributed by atoms with van der Waals surface area (Å²) in [5, 5.41) is 7.98. The summed E-state index contributed by atoms with van der Waals surface area (Å²) in [5.74, 6) is 0.538. The Morgan fingerprint density at radius 3 is 2.89 bits per heavy atom. The fraction of sp³-hybridized carbons (Fsp3) is 0.333. The van der Waals surface area contributed by atoms with E-state index in [4.69, 9.17) is 4.74 Å². The summed E-state index contributed by atoms with van der Waals surface area (Å²) in [5.41, 5.74) is 2.22. The van der Waals surface area contributed by atoms with Gasteiger partial charge in [-0.15, -0.1) is 0 Å². The normalized spacial score (nSPS) is 11.1. The first-order chi connectivity index (χ1) is 13.0. The third-order valence-electron chi connectivity index (χ3n) is 3.84. The first kappa shape index (κ1) is 18.7. The van der Waals surface area contributed by atoms with Crippen LogP contribution in [0.3, 0.4) is 0 Å². The Morgan fingerprint density at radius 2 is 2.19 bits per heavy atom. The Balaban J connectivity index is 1.79. The first-order valence-corrected chi connectivity index (χ1v) is 8.44. The maximum atomic E-state index is 12.3. The summed E-state index contributed by atoms with van der Waals surface area (Å²) in [6.07, 6.45) is 2.77. The summed E-state index contributed by atoms with van der Waals surface area (Å²) >= 11 is 0. The number of nitrogens with one attached hydrogen (secondary N) is 1. The Bertz CT molecular complexity index is 958. The van der Waals surface area contributed by atoms with Crippen molar-refractivity contribution in [2.75, 3.05) is 11.9 Å². The van der Waals surface area contributed by atoms with Gasteiger partial charge in [0.05, 0.1) is 17.4 Å². The van der Waals surface area contributed by atoms with Crippen LogP contribution in [0.2, 0.25) is 0 Å². The minimum absolute atomic E-state index is 0.123. The van der Waals surface area contributed by atoms with Crippen molar-refractivity contribution in [3.63, 3.8) is 0 Å². The van der Waals surface area contributed by atoms with Gasteiger partial charge in [-0.25, -0.2) is 18.7 Å². The van der Waals surface area contributed by atoms with E-state index in [9.17, 15) is 13.6 Å². The molecule has 0 spiro atoms. The molecule has 0 saturated heterocycles. The molecule has 0 atom stereocenters. The fourth-order valence-corrected chi connectivity index (χ4v) is 2.58. The van der Waals surface area contributed by atoms with E-state index in [2.05, 4.69) is 20.4 Å². The Hall–Kier alpha value is -3.10. The van der Waals surface area contributed by atoms with Crippen molar-refractivity contribution in [1.29, 1.82) is 0 Å². The van der Waals surface area contributed by atoms with Crippen LogP contribution in [0, 0.1) is 6.92 Å². The molecule has 3 aromatic heterocycles. The van der Waals surface area contributed by atoms with Crippen LogP contribution in [-0.2, 0) is 11.3 Å². The van der Waals surface area contributed by atoms with Gasteiger partial charge in [0.1, 0.15) is 5.82 Å². The van der Waals surface area contributed by atoms with E-state index in [1.54, 1.807) is 43.2 Å².